The van der Waals surface area contributed by atoms with Crippen molar-refractivity contribution in [2.75, 3.05) is 33.2 Å². The molecular formula is C15H25Cl2N3O. The topological polar surface area (TPSA) is 35.6 Å². The van der Waals surface area contributed by atoms with Crippen LogP contribution in [-0.2, 0) is 11.3 Å². The molecule has 1 fully saturated rings. The van der Waals surface area contributed by atoms with E-state index in [1.54, 1.807) is 0 Å². The van der Waals surface area contributed by atoms with Gasteiger partial charge in [-0.05, 0) is 19.5 Å². The van der Waals surface area contributed by atoms with Gasteiger partial charge >= 0.3 is 0 Å². The Kier molecular flexibility index (Phi) is 9.62. The average Bonchev–Trinajstić information content (AvgIpc) is 2.40. The van der Waals surface area contributed by atoms with E-state index >= 15 is 0 Å². The number of halogens is 2. The molecule has 1 aromatic rings. The highest BCUT2D eigenvalue weighted by molar-refractivity contribution is 5.85. The van der Waals surface area contributed by atoms with Gasteiger partial charge in [-0.2, -0.15) is 0 Å². The summed E-state index contributed by atoms with van der Waals surface area (Å²) in [7, 11) is 2.00. The van der Waals surface area contributed by atoms with Crippen LogP contribution in [0.2, 0.25) is 0 Å². The second-order valence-corrected chi connectivity index (χ2v) is 5.30. The quantitative estimate of drug-likeness (QED) is 0.912. The third-order valence-corrected chi connectivity index (χ3v) is 3.52. The zero-order valence-corrected chi connectivity index (χ0v) is 14.3. The van der Waals surface area contributed by atoms with Gasteiger partial charge in [-0.25, -0.2) is 0 Å². The number of amides is 1. The zero-order valence-electron chi connectivity index (χ0n) is 12.6. The minimum absolute atomic E-state index is 0. The summed E-state index contributed by atoms with van der Waals surface area (Å²) in [6.45, 7) is 6.01. The number of piperazine rings is 1. The highest BCUT2D eigenvalue weighted by atomic mass is 35.5. The van der Waals surface area contributed by atoms with Crippen LogP contribution in [0.5, 0.6) is 0 Å². The number of hydrogen-bond acceptors (Lipinski definition) is 3. The van der Waals surface area contributed by atoms with Crippen LogP contribution >= 0.6 is 24.8 Å². The minimum Gasteiger partial charge on any atom is -0.336 e. The van der Waals surface area contributed by atoms with Crippen molar-refractivity contribution in [2.45, 2.75) is 19.5 Å². The van der Waals surface area contributed by atoms with Gasteiger partial charge in [-0.15, -0.1) is 24.8 Å². The molecule has 1 aromatic carbocycles. The van der Waals surface area contributed by atoms with Gasteiger partial charge in [0.25, 0.3) is 0 Å². The second-order valence-electron chi connectivity index (χ2n) is 5.30. The molecule has 1 amide bonds. The molecule has 1 atom stereocenters. The summed E-state index contributed by atoms with van der Waals surface area (Å²) in [6, 6.07) is 10.6. The van der Waals surface area contributed by atoms with Gasteiger partial charge in [-0.3, -0.25) is 9.69 Å². The highest BCUT2D eigenvalue weighted by Gasteiger charge is 2.23. The van der Waals surface area contributed by atoms with Crippen LogP contribution in [0.1, 0.15) is 12.5 Å². The highest BCUT2D eigenvalue weighted by Crippen LogP contribution is 2.06. The number of hydrogen-bond donors (Lipinski definition) is 1. The average molecular weight is 334 g/mol. The number of carbonyl (C=O) groups excluding carboxylic acids is 1. The van der Waals surface area contributed by atoms with Crippen LogP contribution in [-0.4, -0.2) is 55.0 Å². The molecule has 0 spiro atoms. The number of nitrogens with zero attached hydrogens (tertiary/aromatic N) is 2. The fourth-order valence-electron chi connectivity index (χ4n) is 2.48. The summed E-state index contributed by atoms with van der Waals surface area (Å²) >= 11 is 0. The SMILES string of the molecule is C[C@H]1CNCCN1C(=O)CN(C)Cc1ccccc1.Cl.Cl. The Morgan fingerprint density at radius 2 is 2.00 bits per heavy atom. The predicted molar refractivity (Wildman–Crippen MR) is 91.3 cm³/mol. The summed E-state index contributed by atoms with van der Waals surface area (Å²) in [5.41, 5.74) is 1.24. The van der Waals surface area contributed by atoms with Crippen LogP contribution in [0, 0.1) is 0 Å². The standard InChI is InChI=1S/C15H23N3O.2ClH/c1-13-10-16-8-9-18(13)15(19)12-17(2)11-14-6-4-3-5-7-14;;/h3-7,13,16H,8-12H2,1-2H3;2*1H/t13-;;/m0../s1. The normalized spacial score (nSPS) is 17.9. The lowest BCUT2D eigenvalue weighted by Gasteiger charge is -2.35. The number of nitrogens with one attached hydrogen (secondary N) is 1. The van der Waals surface area contributed by atoms with E-state index in [9.17, 15) is 4.79 Å². The van der Waals surface area contributed by atoms with Crippen LogP contribution < -0.4 is 5.32 Å². The van der Waals surface area contributed by atoms with Crippen LogP contribution in [0.3, 0.4) is 0 Å². The molecule has 0 saturated carbocycles. The molecule has 0 radical (unpaired) electrons. The Hall–Kier alpha value is -0.810. The van der Waals surface area contributed by atoms with Gasteiger partial charge in [0.05, 0.1) is 6.54 Å². The molecule has 120 valence electrons. The molecule has 0 unspecified atom stereocenters. The number of benzene rings is 1. The summed E-state index contributed by atoms with van der Waals surface area (Å²) in [5.74, 6) is 0.229. The van der Waals surface area contributed by atoms with Crippen molar-refractivity contribution in [3.63, 3.8) is 0 Å². The van der Waals surface area contributed by atoms with E-state index in [0.29, 0.717) is 12.6 Å². The molecule has 1 saturated heterocycles. The number of likely N-dealkylation sites (N-methyl/N-ethyl adjacent to an activating group) is 1. The molecule has 1 aliphatic heterocycles. The number of rotatable bonds is 4. The maximum absolute atomic E-state index is 12.3. The Balaban J connectivity index is 0.00000200. The monoisotopic (exact) mass is 333 g/mol. The van der Waals surface area contributed by atoms with E-state index in [1.165, 1.54) is 5.56 Å². The molecule has 2 rings (SSSR count). The summed E-state index contributed by atoms with van der Waals surface area (Å²) in [4.78, 5) is 16.3. The van der Waals surface area contributed by atoms with Crippen LogP contribution in [0.15, 0.2) is 30.3 Å². The Morgan fingerprint density at radius 3 is 2.62 bits per heavy atom. The molecule has 0 aliphatic carbocycles. The van der Waals surface area contributed by atoms with E-state index in [2.05, 4.69) is 29.3 Å². The fraction of sp³-hybridized carbons (Fsp3) is 0.533. The minimum atomic E-state index is 0. The van der Waals surface area contributed by atoms with E-state index in [-0.39, 0.29) is 30.7 Å². The van der Waals surface area contributed by atoms with E-state index in [4.69, 9.17) is 0 Å². The molecule has 21 heavy (non-hydrogen) atoms. The van der Waals surface area contributed by atoms with E-state index in [0.717, 1.165) is 26.2 Å². The Labute approximate surface area is 139 Å². The first-order valence-electron chi connectivity index (χ1n) is 6.89. The molecular weight excluding hydrogens is 309 g/mol. The Bertz CT molecular complexity index is 417. The van der Waals surface area contributed by atoms with Crippen molar-refractivity contribution in [1.82, 2.24) is 15.1 Å². The first-order chi connectivity index (χ1) is 9.16. The summed E-state index contributed by atoms with van der Waals surface area (Å²) < 4.78 is 0. The van der Waals surface area contributed by atoms with Crippen molar-refractivity contribution >= 4 is 30.7 Å². The molecule has 1 heterocycles. The van der Waals surface area contributed by atoms with Gasteiger partial charge in [-0.1, -0.05) is 30.3 Å². The molecule has 0 bridgehead atoms. The lowest BCUT2D eigenvalue weighted by atomic mass is 10.2. The van der Waals surface area contributed by atoms with Crippen molar-refractivity contribution in [2.24, 2.45) is 0 Å². The molecule has 0 aromatic heterocycles. The maximum Gasteiger partial charge on any atom is 0.237 e. The predicted octanol–water partition coefficient (Wildman–Crippen LogP) is 1.78. The first kappa shape index (κ1) is 20.2. The second kappa shape index (κ2) is 10.0. The maximum atomic E-state index is 12.3. The van der Waals surface area contributed by atoms with Crippen molar-refractivity contribution in [3.05, 3.63) is 35.9 Å². The van der Waals surface area contributed by atoms with Gasteiger partial charge in [0, 0.05) is 32.2 Å². The van der Waals surface area contributed by atoms with Gasteiger partial charge in [0.1, 0.15) is 0 Å². The van der Waals surface area contributed by atoms with E-state index < -0.39 is 0 Å². The van der Waals surface area contributed by atoms with Crippen LogP contribution in [0.4, 0.5) is 0 Å². The van der Waals surface area contributed by atoms with E-state index in [1.807, 2.05) is 30.1 Å². The first-order valence-corrected chi connectivity index (χ1v) is 6.89. The van der Waals surface area contributed by atoms with Gasteiger partial charge < -0.3 is 10.2 Å². The van der Waals surface area contributed by atoms with Gasteiger partial charge in [0.15, 0.2) is 0 Å². The largest absolute Gasteiger partial charge is 0.336 e. The van der Waals surface area contributed by atoms with Crippen molar-refractivity contribution in [3.8, 4) is 0 Å². The molecule has 1 N–H and O–H groups in total. The molecule has 4 nitrogen and oxygen atoms in total. The smallest absolute Gasteiger partial charge is 0.237 e. The number of carbonyl (C=O) groups is 1. The molecule has 6 heteroatoms. The summed E-state index contributed by atoms with van der Waals surface area (Å²) in [6.07, 6.45) is 0. The van der Waals surface area contributed by atoms with Crippen molar-refractivity contribution in [1.29, 1.82) is 0 Å². The van der Waals surface area contributed by atoms with Crippen molar-refractivity contribution < 1.29 is 4.79 Å². The van der Waals surface area contributed by atoms with Gasteiger partial charge in [0.2, 0.25) is 5.91 Å². The Morgan fingerprint density at radius 1 is 1.33 bits per heavy atom. The molecule has 1 aliphatic rings. The summed E-state index contributed by atoms with van der Waals surface area (Å²) in [5, 5.41) is 3.31. The third kappa shape index (κ3) is 6.22. The lowest BCUT2D eigenvalue weighted by molar-refractivity contribution is -0.135. The lowest BCUT2D eigenvalue weighted by Crippen LogP contribution is -2.54. The third-order valence-electron chi connectivity index (χ3n) is 3.52. The van der Waals surface area contributed by atoms with Crippen LogP contribution in [0.25, 0.3) is 0 Å². The fourth-order valence-corrected chi connectivity index (χ4v) is 2.48. The zero-order chi connectivity index (χ0) is 13.7.